The lowest BCUT2D eigenvalue weighted by Gasteiger charge is -2.33. The Morgan fingerprint density at radius 1 is 1.04 bits per heavy atom. The lowest BCUT2D eigenvalue weighted by Crippen LogP contribution is -2.39. The van der Waals surface area contributed by atoms with Gasteiger partial charge in [0, 0.05) is 32.7 Å². The predicted molar refractivity (Wildman–Crippen MR) is 111 cm³/mol. The highest BCUT2D eigenvalue weighted by Crippen LogP contribution is 2.24. The van der Waals surface area contributed by atoms with E-state index < -0.39 is 0 Å². The summed E-state index contributed by atoms with van der Waals surface area (Å²) in [6.07, 6.45) is 6.95. The molecule has 1 aromatic carbocycles. The quantitative estimate of drug-likeness (QED) is 0.354. The van der Waals surface area contributed by atoms with E-state index in [9.17, 15) is 4.79 Å². The second-order valence-electron chi connectivity index (χ2n) is 7.58. The fourth-order valence-electron chi connectivity index (χ4n) is 3.34. The summed E-state index contributed by atoms with van der Waals surface area (Å²) in [4.78, 5) is 14.1. The van der Waals surface area contributed by atoms with E-state index >= 15 is 0 Å². The van der Waals surface area contributed by atoms with Crippen LogP contribution >= 0.6 is 0 Å². The van der Waals surface area contributed by atoms with Crippen LogP contribution in [0.4, 0.5) is 4.79 Å². The van der Waals surface area contributed by atoms with Crippen LogP contribution in [0, 0.1) is 5.92 Å². The minimum atomic E-state index is -0.211. The van der Waals surface area contributed by atoms with Crippen LogP contribution in [0.15, 0.2) is 30.3 Å². The number of amides is 1. The molecule has 0 aliphatic carbocycles. The van der Waals surface area contributed by atoms with E-state index in [-0.39, 0.29) is 12.4 Å². The molecule has 158 valence electrons. The van der Waals surface area contributed by atoms with E-state index in [1.54, 1.807) is 0 Å². The molecular weight excluding hydrogens is 354 g/mol. The smallest absolute Gasteiger partial charge is 0.410 e. The molecule has 1 amide bonds. The zero-order valence-electron chi connectivity index (χ0n) is 17.6. The minimum Gasteiger partial charge on any atom is -0.445 e. The monoisotopic (exact) mass is 391 g/mol. The molecule has 0 atom stereocenters. The van der Waals surface area contributed by atoms with Crippen molar-refractivity contribution in [1.82, 2.24) is 4.90 Å². The molecule has 0 spiro atoms. The van der Waals surface area contributed by atoms with E-state index in [2.05, 4.69) is 13.8 Å². The molecule has 2 rings (SSSR count). The van der Waals surface area contributed by atoms with Crippen molar-refractivity contribution in [3.8, 4) is 0 Å². The van der Waals surface area contributed by atoms with E-state index in [1.165, 1.54) is 0 Å². The minimum absolute atomic E-state index is 0.111. The van der Waals surface area contributed by atoms with Gasteiger partial charge in [-0.05, 0) is 37.2 Å². The highest BCUT2D eigenvalue weighted by Gasteiger charge is 2.26. The largest absolute Gasteiger partial charge is 0.445 e. The van der Waals surface area contributed by atoms with Gasteiger partial charge in [0.1, 0.15) is 6.61 Å². The number of rotatable bonds is 12. The van der Waals surface area contributed by atoms with Crippen LogP contribution in [0.2, 0.25) is 0 Å². The first-order valence-electron chi connectivity index (χ1n) is 10.9. The van der Waals surface area contributed by atoms with Crippen LogP contribution in [0.5, 0.6) is 0 Å². The van der Waals surface area contributed by atoms with Gasteiger partial charge >= 0.3 is 6.09 Å². The molecule has 0 unspecified atom stereocenters. The molecule has 1 aromatic rings. The average Bonchev–Trinajstić information content (AvgIpc) is 2.73. The van der Waals surface area contributed by atoms with Crippen LogP contribution in [-0.4, -0.2) is 43.6 Å². The number of piperidine rings is 1. The second-order valence-corrected chi connectivity index (χ2v) is 7.58. The van der Waals surface area contributed by atoms with E-state index in [0.717, 1.165) is 76.8 Å². The zero-order chi connectivity index (χ0) is 20.0. The maximum absolute atomic E-state index is 12.3. The highest BCUT2D eigenvalue weighted by atomic mass is 16.7. The number of hydrogen-bond acceptors (Lipinski definition) is 4. The molecule has 5 nitrogen and oxygen atoms in total. The molecule has 0 bridgehead atoms. The Hall–Kier alpha value is -1.59. The normalized spacial score (nSPS) is 15.2. The third kappa shape index (κ3) is 8.61. The van der Waals surface area contributed by atoms with Gasteiger partial charge in [0.05, 0.1) is 0 Å². The summed E-state index contributed by atoms with van der Waals surface area (Å²) in [6.45, 7) is 7.68. The molecule has 0 aromatic heterocycles. The third-order valence-electron chi connectivity index (χ3n) is 5.21. The SMILES string of the molecule is CCCCOC(CC1CCN(C(=O)OCc2ccccc2)CC1)OCCCC. The Balaban J connectivity index is 1.70. The first-order chi connectivity index (χ1) is 13.7. The molecule has 1 fully saturated rings. The van der Waals surface area contributed by atoms with Crippen LogP contribution in [0.25, 0.3) is 0 Å². The summed E-state index contributed by atoms with van der Waals surface area (Å²) in [5.41, 5.74) is 1.02. The van der Waals surface area contributed by atoms with Crippen LogP contribution < -0.4 is 0 Å². The van der Waals surface area contributed by atoms with E-state index in [1.807, 2.05) is 35.2 Å². The molecule has 0 radical (unpaired) electrons. The maximum atomic E-state index is 12.3. The number of benzene rings is 1. The summed E-state index contributed by atoms with van der Waals surface area (Å²) in [7, 11) is 0. The Morgan fingerprint density at radius 3 is 2.21 bits per heavy atom. The number of likely N-dealkylation sites (tertiary alicyclic amines) is 1. The van der Waals surface area contributed by atoms with E-state index in [4.69, 9.17) is 14.2 Å². The number of ether oxygens (including phenoxy) is 3. The molecule has 0 saturated carbocycles. The van der Waals surface area contributed by atoms with E-state index in [0.29, 0.717) is 12.5 Å². The average molecular weight is 392 g/mol. The molecule has 28 heavy (non-hydrogen) atoms. The lowest BCUT2D eigenvalue weighted by atomic mass is 9.93. The molecule has 1 saturated heterocycles. The lowest BCUT2D eigenvalue weighted by molar-refractivity contribution is -0.155. The number of unbranched alkanes of at least 4 members (excludes halogenated alkanes) is 2. The van der Waals surface area contributed by atoms with Crippen molar-refractivity contribution in [3.05, 3.63) is 35.9 Å². The standard InChI is InChI=1S/C23H37NO4/c1-3-5-16-26-22(27-17-6-4-2)18-20-12-14-24(15-13-20)23(25)28-19-21-10-8-7-9-11-21/h7-11,20,22H,3-6,12-19H2,1-2H3. The molecule has 5 heteroatoms. The fourth-order valence-corrected chi connectivity index (χ4v) is 3.34. The molecule has 1 aliphatic heterocycles. The van der Waals surface area contributed by atoms with Gasteiger partial charge in [-0.25, -0.2) is 4.79 Å². The third-order valence-corrected chi connectivity index (χ3v) is 5.21. The maximum Gasteiger partial charge on any atom is 0.410 e. The number of carbonyl (C=O) groups is 1. The van der Waals surface area contributed by atoms with Gasteiger partial charge in [0.25, 0.3) is 0 Å². The summed E-state index contributed by atoms with van der Waals surface area (Å²) in [6, 6.07) is 9.81. The van der Waals surface area contributed by atoms with Crippen molar-refractivity contribution < 1.29 is 19.0 Å². The van der Waals surface area contributed by atoms with Gasteiger partial charge in [-0.2, -0.15) is 0 Å². The van der Waals surface area contributed by atoms with Crippen LogP contribution in [-0.2, 0) is 20.8 Å². The summed E-state index contributed by atoms with van der Waals surface area (Å²) < 4.78 is 17.4. The number of nitrogens with zero attached hydrogens (tertiary/aromatic N) is 1. The van der Waals surface area contributed by atoms with Crippen molar-refractivity contribution in [2.24, 2.45) is 5.92 Å². The highest BCUT2D eigenvalue weighted by molar-refractivity contribution is 5.67. The Labute approximate surface area is 170 Å². The van der Waals surface area contributed by atoms with Gasteiger partial charge < -0.3 is 19.1 Å². The molecule has 1 aliphatic rings. The van der Waals surface area contributed by atoms with Gasteiger partial charge in [0.2, 0.25) is 0 Å². The summed E-state index contributed by atoms with van der Waals surface area (Å²) >= 11 is 0. The van der Waals surface area contributed by atoms with Gasteiger partial charge in [0.15, 0.2) is 6.29 Å². The Kier molecular flexibility index (Phi) is 11.0. The van der Waals surface area contributed by atoms with Crippen LogP contribution in [0.1, 0.15) is 64.4 Å². The van der Waals surface area contributed by atoms with Gasteiger partial charge in [-0.15, -0.1) is 0 Å². The molecule has 0 N–H and O–H groups in total. The van der Waals surface area contributed by atoms with Crippen molar-refractivity contribution in [2.45, 2.75) is 71.7 Å². The second kappa shape index (κ2) is 13.6. The first kappa shape index (κ1) is 22.7. The van der Waals surface area contributed by atoms with Crippen molar-refractivity contribution in [1.29, 1.82) is 0 Å². The Bertz CT molecular complexity index is 519. The van der Waals surface area contributed by atoms with Crippen molar-refractivity contribution in [3.63, 3.8) is 0 Å². The number of carbonyl (C=O) groups excluding carboxylic acids is 1. The first-order valence-corrected chi connectivity index (χ1v) is 10.9. The fraction of sp³-hybridized carbons (Fsp3) is 0.696. The van der Waals surface area contributed by atoms with Crippen LogP contribution in [0.3, 0.4) is 0 Å². The summed E-state index contributed by atoms with van der Waals surface area (Å²) in [5, 5.41) is 0. The molecule has 1 heterocycles. The number of hydrogen-bond donors (Lipinski definition) is 0. The van der Waals surface area contributed by atoms with Gasteiger partial charge in [-0.1, -0.05) is 57.0 Å². The predicted octanol–water partition coefficient (Wildman–Crippen LogP) is 5.38. The van der Waals surface area contributed by atoms with Gasteiger partial charge in [-0.3, -0.25) is 0 Å². The summed E-state index contributed by atoms with van der Waals surface area (Å²) in [5.74, 6) is 0.534. The molecular formula is C23H37NO4. The topological polar surface area (TPSA) is 48.0 Å². The zero-order valence-corrected chi connectivity index (χ0v) is 17.6. The Morgan fingerprint density at radius 2 is 1.64 bits per heavy atom. The van der Waals surface area contributed by atoms with Crippen molar-refractivity contribution >= 4 is 6.09 Å². The van der Waals surface area contributed by atoms with Crippen molar-refractivity contribution in [2.75, 3.05) is 26.3 Å².